The van der Waals surface area contributed by atoms with Crippen molar-refractivity contribution in [1.29, 1.82) is 0 Å². The molecule has 128 valence electrons. The van der Waals surface area contributed by atoms with Gasteiger partial charge in [-0.15, -0.1) is 0 Å². The van der Waals surface area contributed by atoms with Crippen LogP contribution < -0.4 is 0 Å². The van der Waals surface area contributed by atoms with E-state index >= 15 is 0 Å². The van der Waals surface area contributed by atoms with Crippen LogP contribution in [-0.2, 0) is 6.42 Å². The van der Waals surface area contributed by atoms with E-state index in [-0.39, 0.29) is 0 Å². The van der Waals surface area contributed by atoms with Gasteiger partial charge in [0, 0.05) is 0 Å². The SMILES string of the molecule is CCc1cccc2cc3c(cc12)C(O)c1cc2ccccc2cc1C3O. The quantitative estimate of drug-likeness (QED) is 0.510. The van der Waals surface area contributed by atoms with Crippen molar-refractivity contribution in [2.24, 2.45) is 0 Å². The van der Waals surface area contributed by atoms with Gasteiger partial charge in [0.05, 0.1) is 0 Å². The Kier molecular flexibility index (Phi) is 3.39. The molecule has 4 aromatic rings. The Balaban J connectivity index is 1.79. The molecular weight excluding hydrogens is 320 g/mol. The lowest BCUT2D eigenvalue weighted by Gasteiger charge is -2.30. The first-order chi connectivity index (χ1) is 12.7. The lowest BCUT2D eigenvalue weighted by atomic mass is 9.79. The van der Waals surface area contributed by atoms with E-state index in [1.54, 1.807) is 0 Å². The van der Waals surface area contributed by atoms with Crippen LogP contribution in [0.4, 0.5) is 0 Å². The standard InChI is InChI=1S/C24H20O2/c1-2-14-8-5-9-17-12-21-22(13-18(14)17)24(26)20-11-16-7-4-3-6-15(16)10-19(20)23(21)25/h3-13,23-26H,2H2,1H3. The lowest BCUT2D eigenvalue weighted by Crippen LogP contribution is -2.18. The van der Waals surface area contributed by atoms with Crippen molar-refractivity contribution in [3.05, 3.63) is 94.5 Å². The molecule has 4 aromatic carbocycles. The number of hydrogen-bond acceptors (Lipinski definition) is 2. The second-order valence-electron chi connectivity index (χ2n) is 7.11. The third kappa shape index (κ3) is 2.13. The molecule has 2 atom stereocenters. The third-order valence-corrected chi connectivity index (χ3v) is 5.68. The van der Waals surface area contributed by atoms with E-state index in [0.717, 1.165) is 50.2 Å². The molecule has 5 rings (SSSR count). The number of benzene rings is 4. The second-order valence-corrected chi connectivity index (χ2v) is 7.11. The van der Waals surface area contributed by atoms with Crippen molar-refractivity contribution in [3.8, 4) is 0 Å². The zero-order valence-electron chi connectivity index (χ0n) is 14.6. The highest BCUT2D eigenvalue weighted by Crippen LogP contribution is 2.44. The number of aryl methyl sites for hydroxylation is 1. The van der Waals surface area contributed by atoms with E-state index < -0.39 is 12.2 Å². The van der Waals surface area contributed by atoms with Crippen LogP contribution in [0, 0.1) is 0 Å². The predicted octanol–water partition coefficient (Wildman–Crippen LogP) is 5.03. The first-order valence-corrected chi connectivity index (χ1v) is 9.11. The van der Waals surface area contributed by atoms with Crippen LogP contribution in [0.2, 0.25) is 0 Å². The Bertz CT molecular complexity index is 1160. The molecule has 0 saturated carbocycles. The minimum absolute atomic E-state index is 0.720. The summed E-state index contributed by atoms with van der Waals surface area (Å²) in [5, 5.41) is 26.6. The molecule has 26 heavy (non-hydrogen) atoms. The number of fused-ring (bicyclic) bond motifs is 4. The average molecular weight is 340 g/mol. The molecular formula is C24H20O2. The molecule has 0 fully saturated rings. The zero-order valence-corrected chi connectivity index (χ0v) is 14.6. The minimum atomic E-state index is -0.720. The first kappa shape index (κ1) is 15.6. The summed E-state index contributed by atoms with van der Waals surface area (Å²) in [5.41, 5.74) is 4.48. The normalized spacial score (nSPS) is 18.7. The predicted molar refractivity (Wildman–Crippen MR) is 105 cm³/mol. The maximum Gasteiger partial charge on any atom is 0.105 e. The smallest absolute Gasteiger partial charge is 0.105 e. The maximum atomic E-state index is 11.1. The van der Waals surface area contributed by atoms with Gasteiger partial charge in [-0.05, 0) is 80.0 Å². The Morgan fingerprint density at radius 3 is 1.73 bits per heavy atom. The molecule has 2 heteroatoms. The van der Waals surface area contributed by atoms with Gasteiger partial charge < -0.3 is 10.2 Å². The van der Waals surface area contributed by atoms with Crippen LogP contribution in [0.15, 0.2) is 66.7 Å². The summed E-state index contributed by atoms with van der Waals surface area (Å²) in [6.45, 7) is 2.14. The van der Waals surface area contributed by atoms with Crippen molar-refractivity contribution in [1.82, 2.24) is 0 Å². The summed E-state index contributed by atoms with van der Waals surface area (Å²) in [4.78, 5) is 0. The van der Waals surface area contributed by atoms with E-state index in [0.29, 0.717) is 0 Å². The Labute approximate surface area is 152 Å². The van der Waals surface area contributed by atoms with Crippen LogP contribution in [0.5, 0.6) is 0 Å². The van der Waals surface area contributed by atoms with Gasteiger partial charge in [-0.25, -0.2) is 0 Å². The molecule has 0 radical (unpaired) electrons. The van der Waals surface area contributed by atoms with Crippen molar-refractivity contribution in [2.75, 3.05) is 0 Å². The molecule has 0 bridgehead atoms. The summed E-state index contributed by atoms with van der Waals surface area (Å²) in [7, 11) is 0. The molecule has 0 spiro atoms. The van der Waals surface area contributed by atoms with Gasteiger partial charge in [-0.3, -0.25) is 0 Å². The highest BCUT2D eigenvalue weighted by molar-refractivity contribution is 5.89. The average Bonchev–Trinajstić information content (AvgIpc) is 2.69. The number of aliphatic hydroxyl groups excluding tert-OH is 2. The number of rotatable bonds is 1. The zero-order chi connectivity index (χ0) is 17.8. The summed E-state index contributed by atoms with van der Waals surface area (Å²) >= 11 is 0. The molecule has 2 nitrogen and oxygen atoms in total. The molecule has 0 saturated heterocycles. The van der Waals surface area contributed by atoms with Gasteiger partial charge in [0.2, 0.25) is 0 Å². The lowest BCUT2D eigenvalue weighted by molar-refractivity contribution is 0.174. The van der Waals surface area contributed by atoms with Crippen LogP contribution in [0.1, 0.15) is 46.9 Å². The summed E-state index contributed by atoms with van der Waals surface area (Å²) in [5.74, 6) is 0. The minimum Gasteiger partial charge on any atom is -0.384 e. The van der Waals surface area contributed by atoms with Crippen LogP contribution in [0.25, 0.3) is 21.5 Å². The fourth-order valence-electron chi connectivity index (χ4n) is 4.29. The Morgan fingerprint density at radius 2 is 1.15 bits per heavy atom. The molecule has 1 aliphatic carbocycles. The van der Waals surface area contributed by atoms with Crippen molar-refractivity contribution >= 4 is 21.5 Å². The van der Waals surface area contributed by atoms with Crippen LogP contribution >= 0.6 is 0 Å². The van der Waals surface area contributed by atoms with Gasteiger partial charge in [-0.1, -0.05) is 49.4 Å². The van der Waals surface area contributed by atoms with E-state index in [1.165, 1.54) is 5.56 Å². The largest absolute Gasteiger partial charge is 0.384 e. The summed E-state index contributed by atoms with van der Waals surface area (Å²) in [6, 6.07) is 22.4. The monoisotopic (exact) mass is 340 g/mol. The van der Waals surface area contributed by atoms with Gasteiger partial charge in [0.1, 0.15) is 12.2 Å². The molecule has 0 aliphatic heterocycles. The fraction of sp³-hybridized carbons (Fsp3) is 0.167. The van der Waals surface area contributed by atoms with Crippen molar-refractivity contribution in [3.63, 3.8) is 0 Å². The van der Waals surface area contributed by atoms with Gasteiger partial charge in [-0.2, -0.15) is 0 Å². The van der Waals surface area contributed by atoms with Crippen molar-refractivity contribution < 1.29 is 10.2 Å². The van der Waals surface area contributed by atoms with Crippen LogP contribution in [-0.4, -0.2) is 10.2 Å². The highest BCUT2D eigenvalue weighted by atomic mass is 16.3. The summed E-state index contributed by atoms with van der Waals surface area (Å²) in [6.07, 6.45) is -0.499. The first-order valence-electron chi connectivity index (χ1n) is 9.11. The third-order valence-electron chi connectivity index (χ3n) is 5.68. The summed E-state index contributed by atoms with van der Waals surface area (Å²) < 4.78 is 0. The van der Waals surface area contributed by atoms with Gasteiger partial charge >= 0.3 is 0 Å². The van der Waals surface area contributed by atoms with E-state index in [1.807, 2.05) is 42.5 Å². The van der Waals surface area contributed by atoms with E-state index in [4.69, 9.17) is 0 Å². The topological polar surface area (TPSA) is 40.5 Å². The number of aliphatic hydroxyl groups is 2. The highest BCUT2D eigenvalue weighted by Gasteiger charge is 2.31. The molecule has 2 unspecified atom stereocenters. The second kappa shape index (κ2) is 5.66. The molecule has 1 aliphatic rings. The molecule has 2 N–H and O–H groups in total. The Hall–Kier alpha value is -2.68. The van der Waals surface area contributed by atoms with Crippen LogP contribution in [0.3, 0.4) is 0 Å². The molecule has 0 aromatic heterocycles. The molecule has 0 heterocycles. The maximum absolute atomic E-state index is 11.1. The van der Waals surface area contributed by atoms with E-state index in [9.17, 15) is 10.2 Å². The molecule has 0 amide bonds. The number of hydrogen-bond donors (Lipinski definition) is 2. The van der Waals surface area contributed by atoms with Crippen molar-refractivity contribution in [2.45, 2.75) is 25.6 Å². The Morgan fingerprint density at radius 1 is 0.654 bits per heavy atom. The van der Waals surface area contributed by atoms with Gasteiger partial charge in [0.25, 0.3) is 0 Å². The van der Waals surface area contributed by atoms with Gasteiger partial charge in [0.15, 0.2) is 0 Å². The van der Waals surface area contributed by atoms with E-state index in [2.05, 4.69) is 31.2 Å². The fourth-order valence-corrected chi connectivity index (χ4v) is 4.29.